The standard InChI is InChI=1S/C13H26O5Si.C2H5O3P/c1-6-10-15-13(14)12(5)11-19(16-7-2,17-8-3)18-9-4;1-2-6(3,4)5/h5-11H2,1-4H3;2H,1H2,(H2,3,4,5). The third kappa shape index (κ3) is 14.1. The van der Waals surface area contributed by atoms with Crippen molar-refractivity contribution < 1.29 is 37.2 Å². The predicted molar refractivity (Wildman–Crippen MR) is 98.1 cm³/mol. The first kappa shape index (κ1) is 26.4. The van der Waals surface area contributed by atoms with Crippen LogP contribution in [-0.2, 0) is 27.4 Å². The maximum atomic E-state index is 11.7. The molecule has 0 fully saturated rings. The molecule has 0 aliphatic rings. The Hall–Kier alpha value is -0.803. The molecular formula is C15H31O8PSi. The normalized spacial score (nSPS) is 11.3. The fourth-order valence-corrected chi connectivity index (χ4v) is 4.11. The zero-order chi connectivity index (χ0) is 19.9. The molecule has 0 amide bonds. The van der Waals surface area contributed by atoms with E-state index in [0.717, 1.165) is 6.42 Å². The lowest BCUT2D eigenvalue weighted by molar-refractivity contribution is -0.139. The van der Waals surface area contributed by atoms with Crippen LogP contribution < -0.4 is 0 Å². The van der Waals surface area contributed by atoms with Crippen molar-refractivity contribution in [1.29, 1.82) is 0 Å². The lowest BCUT2D eigenvalue weighted by Gasteiger charge is -2.28. The second-order valence-corrected chi connectivity index (χ2v) is 8.80. The van der Waals surface area contributed by atoms with E-state index in [1.165, 1.54) is 0 Å². The molecule has 0 radical (unpaired) electrons. The third-order valence-corrected chi connectivity index (χ3v) is 6.01. The Balaban J connectivity index is 0. The van der Waals surface area contributed by atoms with Crippen molar-refractivity contribution >= 4 is 22.4 Å². The van der Waals surface area contributed by atoms with Gasteiger partial charge in [0, 0.05) is 37.3 Å². The Morgan fingerprint density at radius 3 is 1.76 bits per heavy atom. The van der Waals surface area contributed by atoms with Crippen LogP contribution in [0, 0.1) is 0 Å². The zero-order valence-corrected chi connectivity index (χ0v) is 17.4. The summed E-state index contributed by atoms with van der Waals surface area (Å²) in [6.45, 7) is 16.0. The van der Waals surface area contributed by atoms with Gasteiger partial charge in [-0.2, -0.15) is 0 Å². The maximum absolute atomic E-state index is 11.7. The topological polar surface area (TPSA) is 112 Å². The van der Waals surface area contributed by atoms with Crippen molar-refractivity contribution in [2.45, 2.75) is 40.2 Å². The summed E-state index contributed by atoms with van der Waals surface area (Å²) in [5, 5.41) is 0. The van der Waals surface area contributed by atoms with Crippen molar-refractivity contribution in [2.75, 3.05) is 26.4 Å². The first-order valence-corrected chi connectivity index (χ1v) is 11.7. The van der Waals surface area contributed by atoms with Crippen LogP contribution in [-0.4, -0.2) is 51.0 Å². The van der Waals surface area contributed by atoms with Crippen LogP contribution in [0.5, 0.6) is 0 Å². The van der Waals surface area contributed by atoms with Crippen molar-refractivity contribution in [3.8, 4) is 0 Å². The van der Waals surface area contributed by atoms with Gasteiger partial charge in [-0.1, -0.05) is 20.1 Å². The Labute approximate surface area is 151 Å². The van der Waals surface area contributed by atoms with E-state index < -0.39 is 22.4 Å². The molecule has 8 nitrogen and oxygen atoms in total. The monoisotopic (exact) mass is 398 g/mol. The fourth-order valence-electron chi connectivity index (χ4n) is 1.57. The fraction of sp³-hybridized carbons (Fsp3) is 0.667. The van der Waals surface area contributed by atoms with Gasteiger partial charge in [0.05, 0.1) is 6.61 Å². The first-order chi connectivity index (χ1) is 11.6. The average molecular weight is 398 g/mol. The Morgan fingerprint density at radius 2 is 1.48 bits per heavy atom. The summed E-state index contributed by atoms with van der Waals surface area (Å²) in [6, 6.07) is 0.269. The molecule has 0 unspecified atom stereocenters. The largest absolute Gasteiger partial charge is 0.505 e. The van der Waals surface area contributed by atoms with Gasteiger partial charge in [-0.3, -0.25) is 4.57 Å². The Kier molecular flexibility index (Phi) is 15.2. The van der Waals surface area contributed by atoms with Crippen molar-refractivity contribution in [3.05, 3.63) is 24.5 Å². The predicted octanol–water partition coefficient (Wildman–Crippen LogP) is 2.85. The first-order valence-electron chi connectivity index (χ1n) is 8.06. The number of hydrogen-bond donors (Lipinski definition) is 2. The summed E-state index contributed by atoms with van der Waals surface area (Å²) in [4.78, 5) is 27.4. The molecule has 0 saturated carbocycles. The van der Waals surface area contributed by atoms with Gasteiger partial charge in [0.1, 0.15) is 0 Å². The van der Waals surface area contributed by atoms with Crippen LogP contribution in [0.3, 0.4) is 0 Å². The second-order valence-electron chi connectivity index (χ2n) is 4.67. The molecular weight excluding hydrogens is 367 g/mol. The van der Waals surface area contributed by atoms with E-state index in [2.05, 4.69) is 13.2 Å². The SMILES string of the molecule is C=C(C[Si](OCC)(OCC)OCC)C(=O)OCCC.C=CP(=O)(O)O. The number of carbonyl (C=O) groups is 1. The highest BCUT2D eigenvalue weighted by molar-refractivity contribution is 7.55. The summed E-state index contributed by atoms with van der Waals surface area (Å²) >= 11 is 0. The molecule has 0 atom stereocenters. The summed E-state index contributed by atoms with van der Waals surface area (Å²) in [5.74, 6) is 0.199. The zero-order valence-electron chi connectivity index (χ0n) is 15.5. The molecule has 0 aromatic heterocycles. The van der Waals surface area contributed by atoms with Gasteiger partial charge in [-0.25, -0.2) is 4.79 Å². The highest BCUT2D eigenvalue weighted by Gasteiger charge is 2.42. The van der Waals surface area contributed by atoms with Crippen LogP contribution in [0.15, 0.2) is 24.5 Å². The number of hydrogen-bond acceptors (Lipinski definition) is 6. The Bertz CT molecular complexity index is 432. The van der Waals surface area contributed by atoms with Gasteiger partial charge in [0.25, 0.3) is 0 Å². The van der Waals surface area contributed by atoms with Crippen molar-refractivity contribution in [3.63, 3.8) is 0 Å². The van der Waals surface area contributed by atoms with Crippen LogP contribution >= 0.6 is 7.60 Å². The van der Waals surface area contributed by atoms with E-state index in [-0.39, 0.29) is 6.04 Å². The highest BCUT2D eigenvalue weighted by Crippen LogP contribution is 2.34. The van der Waals surface area contributed by atoms with E-state index in [4.69, 9.17) is 27.8 Å². The molecule has 0 rings (SSSR count). The summed E-state index contributed by atoms with van der Waals surface area (Å²) in [5.41, 5.74) is 0.343. The lowest BCUT2D eigenvalue weighted by atomic mass is 10.3. The smallest absolute Gasteiger partial charge is 0.462 e. The number of carbonyl (C=O) groups excluding carboxylic acids is 1. The van der Waals surface area contributed by atoms with Gasteiger partial charge < -0.3 is 27.8 Å². The second kappa shape index (κ2) is 14.4. The molecule has 25 heavy (non-hydrogen) atoms. The molecule has 0 aromatic carbocycles. The highest BCUT2D eigenvalue weighted by atomic mass is 31.2. The quantitative estimate of drug-likeness (QED) is 0.223. The van der Waals surface area contributed by atoms with E-state index in [1.807, 2.05) is 27.7 Å². The molecule has 10 heteroatoms. The minimum Gasteiger partial charge on any atom is -0.462 e. The van der Waals surface area contributed by atoms with Gasteiger partial charge in [-0.05, 0) is 27.2 Å². The molecule has 148 valence electrons. The van der Waals surface area contributed by atoms with Crippen molar-refractivity contribution in [1.82, 2.24) is 0 Å². The molecule has 0 bridgehead atoms. The van der Waals surface area contributed by atoms with E-state index in [0.29, 0.717) is 37.8 Å². The van der Waals surface area contributed by atoms with Crippen LogP contribution in [0.25, 0.3) is 0 Å². The van der Waals surface area contributed by atoms with Crippen molar-refractivity contribution in [2.24, 2.45) is 0 Å². The third-order valence-electron chi connectivity index (χ3n) is 2.49. The number of ether oxygens (including phenoxy) is 1. The molecule has 0 aromatic rings. The molecule has 0 saturated heterocycles. The number of rotatable bonds is 12. The van der Waals surface area contributed by atoms with E-state index in [9.17, 15) is 9.36 Å². The van der Waals surface area contributed by atoms with Gasteiger partial charge in [-0.15, -0.1) is 0 Å². The molecule has 2 N–H and O–H groups in total. The minimum absolute atomic E-state index is 0.269. The average Bonchev–Trinajstić information content (AvgIpc) is 2.53. The van der Waals surface area contributed by atoms with E-state index >= 15 is 0 Å². The molecule has 0 aliphatic heterocycles. The van der Waals surface area contributed by atoms with Gasteiger partial charge >= 0.3 is 22.4 Å². The summed E-state index contributed by atoms with van der Waals surface area (Å²) < 4.78 is 31.6. The van der Waals surface area contributed by atoms with Gasteiger partial charge in [0.15, 0.2) is 0 Å². The lowest BCUT2D eigenvalue weighted by Crippen LogP contribution is -2.46. The van der Waals surface area contributed by atoms with Crippen LogP contribution in [0.4, 0.5) is 0 Å². The molecule has 0 aliphatic carbocycles. The Morgan fingerprint density at radius 1 is 1.08 bits per heavy atom. The maximum Gasteiger partial charge on any atom is 0.505 e. The minimum atomic E-state index is -3.88. The number of esters is 1. The van der Waals surface area contributed by atoms with Crippen LogP contribution in [0.1, 0.15) is 34.1 Å². The summed E-state index contributed by atoms with van der Waals surface area (Å²) in [6.07, 6.45) is 0.782. The molecule has 0 spiro atoms. The van der Waals surface area contributed by atoms with E-state index in [1.54, 1.807) is 0 Å². The van der Waals surface area contributed by atoms with Gasteiger partial charge in [0.2, 0.25) is 0 Å². The molecule has 0 heterocycles. The van der Waals surface area contributed by atoms with Crippen LogP contribution in [0.2, 0.25) is 6.04 Å². The summed E-state index contributed by atoms with van der Waals surface area (Å²) in [7, 11) is -6.74.